The predicted octanol–water partition coefficient (Wildman–Crippen LogP) is 4.34. The molecule has 0 aliphatic carbocycles. The third-order valence-corrected chi connectivity index (χ3v) is 5.39. The molecule has 1 saturated heterocycles. The number of aromatic nitrogens is 3. The van der Waals surface area contributed by atoms with Crippen LogP contribution in [0.3, 0.4) is 0 Å². The summed E-state index contributed by atoms with van der Waals surface area (Å²) in [6.07, 6.45) is -2.60. The van der Waals surface area contributed by atoms with E-state index in [1.54, 1.807) is 0 Å². The van der Waals surface area contributed by atoms with Crippen molar-refractivity contribution in [2.75, 3.05) is 36.0 Å². The van der Waals surface area contributed by atoms with Crippen LogP contribution in [0.15, 0.2) is 48.7 Å². The lowest BCUT2D eigenvalue weighted by Gasteiger charge is -2.22. The summed E-state index contributed by atoms with van der Waals surface area (Å²) in [5, 5.41) is 0.862. The van der Waals surface area contributed by atoms with Crippen LogP contribution in [0.2, 0.25) is 0 Å². The lowest BCUT2D eigenvalue weighted by molar-refractivity contribution is -0.137. The van der Waals surface area contributed by atoms with E-state index in [1.165, 1.54) is 17.6 Å². The van der Waals surface area contributed by atoms with Gasteiger partial charge in [-0.05, 0) is 18.6 Å². The lowest BCUT2D eigenvalue weighted by atomic mass is 10.2. The van der Waals surface area contributed by atoms with E-state index in [2.05, 4.69) is 19.2 Å². The summed E-state index contributed by atoms with van der Waals surface area (Å²) >= 11 is 1.37. The summed E-state index contributed by atoms with van der Waals surface area (Å²) in [7, 11) is 0. The van der Waals surface area contributed by atoms with Gasteiger partial charge in [-0.15, -0.1) is 0 Å². The minimum Gasteiger partial charge on any atom is -0.355 e. The lowest BCUT2D eigenvalue weighted by Crippen LogP contribution is -2.31. The van der Waals surface area contributed by atoms with Crippen molar-refractivity contribution in [3.05, 3.63) is 54.2 Å². The first kappa shape index (κ1) is 18.7. The average Bonchev–Trinajstić information content (AvgIpc) is 3.06. The predicted molar refractivity (Wildman–Crippen MR) is 104 cm³/mol. The third kappa shape index (κ3) is 4.09. The first-order valence-corrected chi connectivity index (χ1v) is 9.70. The third-order valence-electron chi connectivity index (χ3n) is 4.61. The number of halogens is 3. The van der Waals surface area contributed by atoms with Gasteiger partial charge in [-0.2, -0.15) is 22.5 Å². The maximum Gasteiger partial charge on any atom is 0.417 e. The van der Waals surface area contributed by atoms with Crippen molar-refractivity contribution in [1.82, 2.24) is 14.3 Å². The van der Waals surface area contributed by atoms with Crippen LogP contribution in [0.25, 0.3) is 11.4 Å². The fourth-order valence-electron chi connectivity index (χ4n) is 3.13. The molecule has 0 atom stereocenters. The van der Waals surface area contributed by atoms with E-state index in [9.17, 15) is 13.2 Å². The first-order valence-electron chi connectivity index (χ1n) is 8.93. The van der Waals surface area contributed by atoms with Crippen molar-refractivity contribution >= 4 is 22.5 Å². The highest BCUT2D eigenvalue weighted by Gasteiger charge is 2.31. The number of nitrogens with zero attached hydrogens (tertiary/aromatic N) is 5. The van der Waals surface area contributed by atoms with E-state index in [1.807, 2.05) is 35.2 Å². The Morgan fingerprint density at radius 2 is 1.64 bits per heavy atom. The van der Waals surface area contributed by atoms with Crippen LogP contribution in [0.5, 0.6) is 0 Å². The minimum atomic E-state index is -4.37. The molecule has 0 saturated carbocycles. The van der Waals surface area contributed by atoms with Crippen LogP contribution < -0.4 is 9.80 Å². The quantitative estimate of drug-likeness (QED) is 0.649. The maximum atomic E-state index is 12.7. The van der Waals surface area contributed by atoms with E-state index in [0.29, 0.717) is 24.7 Å². The van der Waals surface area contributed by atoms with Crippen molar-refractivity contribution in [2.45, 2.75) is 12.6 Å². The second-order valence-electron chi connectivity index (χ2n) is 6.50. The van der Waals surface area contributed by atoms with Gasteiger partial charge in [0.25, 0.3) is 0 Å². The smallest absolute Gasteiger partial charge is 0.355 e. The second-order valence-corrected chi connectivity index (χ2v) is 7.23. The van der Waals surface area contributed by atoms with Crippen LogP contribution in [0.1, 0.15) is 12.0 Å². The van der Waals surface area contributed by atoms with E-state index >= 15 is 0 Å². The van der Waals surface area contributed by atoms with Crippen molar-refractivity contribution in [3.63, 3.8) is 0 Å². The van der Waals surface area contributed by atoms with Crippen molar-refractivity contribution in [2.24, 2.45) is 0 Å². The molecular weight excluding hydrogens is 387 g/mol. The van der Waals surface area contributed by atoms with Crippen molar-refractivity contribution in [1.29, 1.82) is 0 Å². The molecule has 9 heteroatoms. The maximum absolute atomic E-state index is 12.7. The van der Waals surface area contributed by atoms with Crippen molar-refractivity contribution in [3.8, 4) is 11.4 Å². The molecule has 0 amide bonds. The molecule has 4 rings (SSSR count). The Morgan fingerprint density at radius 1 is 0.893 bits per heavy atom. The fourth-order valence-corrected chi connectivity index (χ4v) is 3.87. The number of hydrogen-bond acceptors (Lipinski definition) is 6. The average molecular weight is 405 g/mol. The molecule has 1 fully saturated rings. The fraction of sp³-hybridized carbons (Fsp3) is 0.316. The zero-order valence-corrected chi connectivity index (χ0v) is 15.7. The van der Waals surface area contributed by atoms with Crippen LogP contribution in [0.4, 0.5) is 24.1 Å². The molecule has 28 heavy (non-hydrogen) atoms. The SMILES string of the molecule is FC(F)(F)c1ccc(N2CCCN(c3nc(-c4ccccc4)ns3)CC2)nc1. The molecule has 1 aliphatic rings. The zero-order chi connectivity index (χ0) is 19.6. The highest BCUT2D eigenvalue weighted by Crippen LogP contribution is 2.30. The molecular formula is C19H18F3N5S. The topological polar surface area (TPSA) is 45.2 Å². The summed E-state index contributed by atoms with van der Waals surface area (Å²) in [6.45, 7) is 2.94. The second kappa shape index (κ2) is 7.75. The molecule has 0 unspecified atom stereocenters. The summed E-state index contributed by atoms with van der Waals surface area (Å²) in [5.74, 6) is 1.28. The van der Waals surface area contributed by atoms with Crippen molar-refractivity contribution < 1.29 is 13.2 Å². The molecule has 0 bridgehead atoms. The molecule has 5 nitrogen and oxygen atoms in total. The number of rotatable bonds is 3. The highest BCUT2D eigenvalue weighted by atomic mass is 32.1. The Hall–Kier alpha value is -2.68. The number of anilines is 2. The monoisotopic (exact) mass is 405 g/mol. The standard InChI is InChI=1S/C19H18F3N5S/c20-19(21,22)15-7-8-16(23-13-15)26-9-4-10-27(12-11-26)18-24-17(25-28-18)14-5-2-1-3-6-14/h1-3,5-8,13H,4,9-12H2. The van der Waals surface area contributed by atoms with Crippen LogP contribution in [-0.4, -0.2) is 40.5 Å². The molecule has 2 aromatic heterocycles. The first-order chi connectivity index (χ1) is 13.5. The summed E-state index contributed by atoms with van der Waals surface area (Å²) in [6, 6.07) is 12.3. The summed E-state index contributed by atoms with van der Waals surface area (Å²) in [5.41, 5.74) is 0.255. The normalized spacial score (nSPS) is 15.5. The Bertz CT molecular complexity index is 911. The van der Waals surface area contributed by atoms with Gasteiger partial charge in [0.05, 0.1) is 5.56 Å². The van der Waals surface area contributed by atoms with Gasteiger partial charge in [-0.1, -0.05) is 30.3 Å². The van der Waals surface area contributed by atoms with E-state index in [0.717, 1.165) is 42.5 Å². The van der Waals surface area contributed by atoms with Gasteiger partial charge < -0.3 is 9.80 Å². The van der Waals surface area contributed by atoms with Gasteiger partial charge in [-0.3, -0.25) is 0 Å². The molecule has 146 valence electrons. The molecule has 0 N–H and O–H groups in total. The van der Waals surface area contributed by atoms with Gasteiger partial charge in [0.1, 0.15) is 5.82 Å². The number of benzene rings is 1. The molecule has 0 radical (unpaired) electrons. The largest absolute Gasteiger partial charge is 0.417 e. The Balaban J connectivity index is 1.43. The van der Waals surface area contributed by atoms with Gasteiger partial charge in [0, 0.05) is 49.5 Å². The molecule has 1 aliphatic heterocycles. The molecule has 3 heterocycles. The zero-order valence-electron chi connectivity index (χ0n) is 14.9. The Kier molecular flexibility index (Phi) is 5.17. The van der Waals surface area contributed by atoms with Crippen LogP contribution in [0, 0.1) is 0 Å². The van der Waals surface area contributed by atoms with Gasteiger partial charge in [0.2, 0.25) is 5.13 Å². The molecule has 1 aromatic carbocycles. The number of hydrogen-bond donors (Lipinski definition) is 0. The number of alkyl halides is 3. The van der Waals surface area contributed by atoms with Gasteiger partial charge in [-0.25, -0.2) is 4.98 Å². The minimum absolute atomic E-state index is 0.567. The van der Waals surface area contributed by atoms with E-state index in [-0.39, 0.29) is 0 Å². The molecule has 3 aromatic rings. The van der Waals surface area contributed by atoms with E-state index in [4.69, 9.17) is 0 Å². The Labute approximate surface area is 164 Å². The highest BCUT2D eigenvalue weighted by molar-refractivity contribution is 7.09. The summed E-state index contributed by atoms with van der Waals surface area (Å²) < 4.78 is 42.6. The number of pyridine rings is 1. The van der Waals surface area contributed by atoms with Gasteiger partial charge in [0.15, 0.2) is 5.82 Å². The summed E-state index contributed by atoms with van der Waals surface area (Å²) in [4.78, 5) is 12.9. The van der Waals surface area contributed by atoms with Crippen LogP contribution in [-0.2, 0) is 6.18 Å². The van der Waals surface area contributed by atoms with Gasteiger partial charge >= 0.3 is 6.18 Å². The van der Waals surface area contributed by atoms with E-state index < -0.39 is 11.7 Å². The molecule has 0 spiro atoms. The van der Waals surface area contributed by atoms with Crippen LogP contribution >= 0.6 is 11.5 Å². The Morgan fingerprint density at radius 3 is 2.36 bits per heavy atom.